The van der Waals surface area contributed by atoms with Gasteiger partial charge in [0.2, 0.25) is 0 Å². The first kappa shape index (κ1) is 27.5. The van der Waals surface area contributed by atoms with Crippen molar-refractivity contribution in [2.75, 3.05) is 34.0 Å². The number of benzene rings is 3. The molecule has 0 saturated heterocycles. The summed E-state index contributed by atoms with van der Waals surface area (Å²) in [5.74, 6) is 1.04. The van der Waals surface area contributed by atoms with E-state index in [1.807, 2.05) is 24.3 Å². The first-order chi connectivity index (χ1) is 17.9. The lowest BCUT2D eigenvalue weighted by molar-refractivity contribution is -0.154. The fourth-order valence-corrected chi connectivity index (χ4v) is 3.56. The van der Waals surface area contributed by atoms with Crippen molar-refractivity contribution in [1.29, 1.82) is 0 Å². The summed E-state index contributed by atoms with van der Waals surface area (Å²) in [6, 6.07) is 18.8. The number of phenols is 1. The van der Waals surface area contributed by atoms with Gasteiger partial charge in [0.15, 0.2) is 11.9 Å². The minimum atomic E-state index is -0.634. The molecule has 0 aliphatic heterocycles. The quantitative estimate of drug-likeness (QED) is 0.192. The maximum absolute atomic E-state index is 12.7. The van der Waals surface area contributed by atoms with E-state index in [0.29, 0.717) is 49.7 Å². The van der Waals surface area contributed by atoms with Crippen LogP contribution in [-0.4, -0.2) is 57.0 Å². The average Bonchev–Trinajstić information content (AvgIpc) is 2.92. The van der Waals surface area contributed by atoms with Gasteiger partial charge in [-0.3, -0.25) is 4.79 Å². The van der Waals surface area contributed by atoms with Crippen LogP contribution < -0.4 is 14.2 Å². The molecule has 0 aromatic heterocycles. The van der Waals surface area contributed by atoms with Crippen molar-refractivity contribution >= 4 is 11.8 Å². The van der Waals surface area contributed by atoms with E-state index in [2.05, 4.69) is 0 Å². The van der Waals surface area contributed by atoms with Gasteiger partial charge in [0, 0.05) is 31.6 Å². The normalized spacial score (nSPS) is 11.4. The van der Waals surface area contributed by atoms with Crippen LogP contribution in [0.1, 0.15) is 34.8 Å². The molecule has 0 bridgehead atoms. The zero-order valence-electron chi connectivity index (χ0n) is 21.3. The topological polar surface area (TPSA) is 101 Å². The summed E-state index contributed by atoms with van der Waals surface area (Å²) in [7, 11) is 2.98. The molecule has 0 spiro atoms. The van der Waals surface area contributed by atoms with E-state index in [-0.39, 0.29) is 23.1 Å². The second-order valence-corrected chi connectivity index (χ2v) is 8.11. The van der Waals surface area contributed by atoms with Crippen molar-refractivity contribution in [2.24, 2.45) is 0 Å². The number of ether oxygens (including phenoxy) is 5. The van der Waals surface area contributed by atoms with Gasteiger partial charge in [0.25, 0.3) is 0 Å². The van der Waals surface area contributed by atoms with Gasteiger partial charge in [-0.2, -0.15) is 0 Å². The predicted molar refractivity (Wildman–Crippen MR) is 138 cm³/mol. The van der Waals surface area contributed by atoms with Crippen LogP contribution in [0.3, 0.4) is 0 Å². The summed E-state index contributed by atoms with van der Waals surface area (Å²) in [5, 5.41) is 10.1. The first-order valence-corrected chi connectivity index (χ1v) is 12.0. The van der Waals surface area contributed by atoms with Gasteiger partial charge in [-0.1, -0.05) is 12.1 Å². The predicted octanol–water partition coefficient (Wildman–Crippen LogP) is 4.60. The van der Waals surface area contributed by atoms with Gasteiger partial charge >= 0.3 is 5.97 Å². The Morgan fingerprint density at radius 1 is 0.838 bits per heavy atom. The van der Waals surface area contributed by atoms with E-state index in [1.165, 1.54) is 26.4 Å². The number of ketones is 1. The Hall–Kier alpha value is -4.04. The molecule has 8 nitrogen and oxygen atoms in total. The first-order valence-electron chi connectivity index (χ1n) is 12.0. The van der Waals surface area contributed by atoms with Crippen molar-refractivity contribution < 1.29 is 38.4 Å². The van der Waals surface area contributed by atoms with Crippen LogP contribution in [-0.2, 0) is 20.7 Å². The van der Waals surface area contributed by atoms with Crippen LogP contribution >= 0.6 is 0 Å². The molecule has 0 saturated carbocycles. The molecule has 1 atom stereocenters. The molecular formula is C29H32O8. The summed E-state index contributed by atoms with van der Waals surface area (Å²) in [6.07, 6.45) is 0.455. The highest BCUT2D eigenvalue weighted by Gasteiger charge is 2.19. The van der Waals surface area contributed by atoms with Crippen molar-refractivity contribution in [2.45, 2.75) is 25.9 Å². The maximum atomic E-state index is 12.7. The number of phenolic OH excluding ortho intramolecular Hbond substituents is 1. The Labute approximate surface area is 216 Å². The molecule has 1 N–H and O–H groups in total. The van der Waals surface area contributed by atoms with Crippen molar-refractivity contribution in [3.05, 3.63) is 83.4 Å². The number of hydrogen-bond acceptors (Lipinski definition) is 8. The van der Waals surface area contributed by atoms with E-state index in [9.17, 15) is 14.7 Å². The summed E-state index contributed by atoms with van der Waals surface area (Å²) in [5.41, 5.74) is 1.59. The van der Waals surface area contributed by atoms with Crippen LogP contribution in [0, 0.1) is 0 Å². The minimum absolute atomic E-state index is 0.129. The molecule has 0 fully saturated rings. The van der Waals surface area contributed by atoms with E-state index in [0.717, 1.165) is 11.3 Å². The smallest absolute Gasteiger partial charge is 0.335 e. The molecule has 3 aromatic rings. The van der Waals surface area contributed by atoms with Gasteiger partial charge < -0.3 is 28.8 Å². The number of esters is 1. The van der Waals surface area contributed by atoms with E-state index < -0.39 is 6.10 Å². The highest BCUT2D eigenvalue weighted by atomic mass is 16.6. The van der Waals surface area contributed by atoms with Gasteiger partial charge in [0.1, 0.15) is 23.0 Å². The largest absolute Gasteiger partial charge is 0.507 e. The lowest BCUT2D eigenvalue weighted by Crippen LogP contribution is -2.27. The van der Waals surface area contributed by atoms with Gasteiger partial charge in [-0.05, 0) is 61.0 Å². The molecule has 3 aromatic carbocycles. The summed E-state index contributed by atoms with van der Waals surface area (Å²) >= 11 is 0. The Balaban J connectivity index is 1.41. The zero-order valence-corrected chi connectivity index (χ0v) is 21.3. The van der Waals surface area contributed by atoms with Gasteiger partial charge in [-0.25, -0.2) is 4.79 Å². The second kappa shape index (κ2) is 13.9. The molecule has 0 unspecified atom stereocenters. The van der Waals surface area contributed by atoms with Crippen LogP contribution in [0.4, 0.5) is 0 Å². The number of methoxy groups -OCH3 is 2. The Bertz CT molecular complexity index is 1160. The highest BCUT2D eigenvalue weighted by molar-refractivity contribution is 6.10. The van der Waals surface area contributed by atoms with Crippen LogP contribution in [0.2, 0.25) is 0 Å². The zero-order chi connectivity index (χ0) is 26.6. The van der Waals surface area contributed by atoms with Gasteiger partial charge in [0.05, 0.1) is 32.5 Å². The molecule has 0 radical (unpaired) electrons. The lowest BCUT2D eigenvalue weighted by Gasteiger charge is -2.14. The standard InChI is InChI=1S/C29H32O8/c1-4-35-29(32)27(34-3)18-20-6-10-22(11-7-20)36-16-5-17-37-23-12-8-21(9-13-23)28(31)25-15-14-24(33-2)19-26(25)30/h6-15,19,27,30H,4-5,16-18H2,1-3H3/t27-/m0/s1. The SMILES string of the molecule is CCOC(=O)[C@H](Cc1ccc(OCCCOc2ccc(C(=O)c3ccc(OC)cc3O)cc2)cc1)OC. The molecule has 196 valence electrons. The Kier molecular flexibility index (Phi) is 10.3. The third-order valence-electron chi connectivity index (χ3n) is 5.57. The van der Waals surface area contributed by atoms with Crippen LogP contribution in [0.15, 0.2) is 66.7 Å². The van der Waals surface area contributed by atoms with E-state index >= 15 is 0 Å². The monoisotopic (exact) mass is 508 g/mol. The molecule has 8 heteroatoms. The average molecular weight is 509 g/mol. The maximum Gasteiger partial charge on any atom is 0.335 e. The highest BCUT2D eigenvalue weighted by Crippen LogP contribution is 2.26. The van der Waals surface area contributed by atoms with E-state index in [1.54, 1.807) is 37.3 Å². The molecule has 0 amide bonds. The van der Waals surface area contributed by atoms with Gasteiger partial charge in [-0.15, -0.1) is 0 Å². The summed E-state index contributed by atoms with van der Waals surface area (Å²) < 4.78 is 26.8. The van der Waals surface area contributed by atoms with E-state index in [4.69, 9.17) is 23.7 Å². The lowest BCUT2D eigenvalue weighted by atomic mass is 10.0. The number of aromatic hydroxyl groups is 1. The summed E-state index contributed by atoms with van der Waals surface area (Å²) in [6.45, 7) is 2.99. The van der Waals surface area contributed by atoms with Crippen molar-refractivity contribution in [1.82, 2.24) is 0 Å². The van der Waals surface area contributed by atoms with Crippen LogP contribution in [0.5, 0.6) is 23.0 Å². The number of rotatable bonds is 14. The third-order valence-corrected chi connectivity index (χ3v) is 5.57. The van der Waals surface area contributed by atoms with Crippen LogP contribution in [0.25, 0.3) is 0 Å². The fourth-order valence-electron chi connectivity index (χ4n) is 3.56. The molecule has 0 aliphatic carbocycles. The third kappa shape index (κ3) is 7.98. The van der Waals surface area contributed by atoms with Crippen molar-refractivity contribution in [3.63, 3.8) is 0 Å². The van der Waals surface area contributed by atoms with Crippen molar-refractivity contribution in [3.8, 4) is 23.0 Å². The molecular weight excluding hydrogens is 476 g/mol. The number of carbonyl (C=O) groups excluding carboxylic acids is 2. The Morgan fingerprint density at radius 3 is 1.97 bits per heavy atom. The number of hydrogen-bond donors (Lipinski definition) is 1. The Morgan fingerprint density at radius 2 is 1.43 bits per heavy atom. The molecule has 37 heavy (non-hydrogen) atoms. The molecule has 0 aliphatic rings. The minimum Gasteiger partial charge on any atom is -0.507 e. The second-order valence-electron chi connectivity index (χ2n) is 8.11. The summed E-state index contributed by atoms with van der Waals surface area (Å²) in [4.78, 5) is 24.5. The molecule has 0 heterocycles. The number of carbonyl (C=O) groups is 2. The fraction of sp³-hybridized carbons (Fsp3) is 0.310. The molecule has 3 rings (SSSR count).